The molecule has 0 amide bonds. The van der Waals surface area contributed by atoms with Crippen molar-refractivity contribution >= 4 is 0 Å². The number of hydrogen-bond donors (Lipinski definition) is 3. The van der Waals surface area contributed by atoms with Gasteiger partial charge in [-0.15, -0.1) is 0 Å². The fraction of sp³-hybridized carbons (Fsp3) is 0.333. The quantitative estimate of drug-likeness (QED) is 0.394. The Morgan fingerprint density at radius 1 is 0.727 bits per heavy atom. The average Bonchev–Trinajstić information content (AvgIpc) is 3.66. The molecule has 0 bridgehead atoms. The van der Waals surface area contributed by atoms with Crippen LogP contribution in [0.1, 0.15) is 49.4 Å². The van der Waals surface area contributed by atoms with Crippen LogP contribution in [0.5, 0.6) is 0 Å². The van der Waals surface area contributed by atoms with Gasteiger partial charge >= 0.3 is 0 Å². The average molecular weight is 439 g/mol. The SMILES string of the molecule is CN1CCC[C@H]1c1ncc(-c2ccc(-c3ccc(-c4cnc([C@@H]5CCCN5)[nH]4)cc3)cc2)[nH]1. The first-order valence-corrected chi connectivity index (χ1v) is 12.0. The first-order valence-electron chi connectivity index (χ1n) is 12.0. The molecule has 0 aliphatic carbocycles. The van der Waals surface area contributed by atoms with E-state index in [4.69, 9.17) is 0 Å². The highest BCUT2D eigenvalue weighted by atomic mass is 15.2. The zero-order valence-electron chi connectivity index (χ0n) is 19.0. The predicted octanol–water partition coefficient (Wildman–Crippen LogP) is 5.33. The lowest BCUT2D eigenvalue weighted by Crippen LogP contribution is -2.18. The van der Waals surface area contributed by atoms with Crippen LogP contribution in [0.15, 0.2) is 60.9 Å². The van der Waals surface area contributed by atoms with Crippen LogP contribution in [0.2, 0.25) is 0 Å². The minimum absolute atomic E-state index is 0.363. The zero-order chi connectivity index (χ0) is 22.2. The Bertz CT molecular complexity index is 1210. The molecule has 2 aromatic carbocycles. The number of H-pyrrole nitrogens is 2. The fourth-order valence-electron chi connectivity index (χ4n) is 5.17. The molecule has 0 radical (unpaired) electrons. The normalized spacial score (nSPS) is 21.1. The summed E-state index contributed by atoms with van der Waals surface area (Å²) in [6, 6.07) is 18.2. The van der Waals surface area contributed by atoms with Gasteiger partial charge in [-0.1, -0.05) is 48.5 Å². The van der Waals surface area contributed by atoms with Crippen molar-refractivity contribution in [2.45, 2.75) is 37.8 Å². The highest BCUT2D eigenvalue weighted by Gasteiger charge is 2.25. The lowest BCUT2D eigenvalue weighted by atomic mass is 10.0. The molecule has 2 aromatic heterocycles. The molecule has 4 heterocycles. The van der Waals surface area contributed by atoms with Crippen molar-refractivity contribution in [2.75, 3.05) is 20.1 Å². The molecule has 6 heteroatoms. The Balaban J connectivity index is 1.17. The summed E-state index contributed by atoms with van der Waals surface area (Å²) in [5, 5.41) is 3.50. The van der Waals surface area contributed by atoms with E-state index in [1.165, 1.54) is 36.0 Å². The molecule has 4 aromatic rings. The molecule has 3 N–H and O–H groups in total. The van der Waals surface area contributed by atoms with E-state index in [0.29, 0.717) is 12.1 Å². The Morgan fingerprint density at radius 2 is 1.30 bits per heavy atom. The summed E-state index contributed by atoms with van der Waals surface area (Å²) < 4.78 is 0. The van der Waals surface area contributed by atoms with Crippen LogP contribution in [0.25, 0.3) is 33.6 Å². The van der Waals surface area contributed by atoms with Crippen LogP contribution in [0.3, 0.4) is 0 Å². The van der Waals surface area contributed by atoms with Crippen molar-refractivity contribution in [3.8, 4) is 33.6 Å². The minimum atomic E-state index is 0.363. The van der Waals surface area contributed by atoms with Crippen molar-refractivity contribution in [3.05, 3.63) is 72.6 Å². The standard InChI is InChI=1S/C27H30N6/c1-33-15-3-5-25(33)27-30-17-24(32-27)21-12-8-19(9-13-21)18-6-10-20(11-7-18)23-16-29-26(31-23)22-4-2-14-28-22/h6-13,16-17,22,25,28H,2-5,14-15H2,1H3,(H,29,31)(H,30,32)/t22-,25-/m0/s1. The van der Waals surface area contributed by atoms with Gasteiger partial charge in [0.05, 0.1) is 35.9 Å². The highest BCUT2D eigenvalue weighted by Crippen LogP contribution is 2.31. The molecule has 0 saturated carbocycles. The lowest BCUT2D eigenvalue weighted by molar-refractivity contribution is 0.307. The summed E-state index contributed by atoms with van der Waals surface area (Å²) in [6.45, 7) is 2.22. The zero-order valence-corrected chi connectivity index (χ0v) is 19.0. The molecule has 2 saturated heterocycles. The van der Waals surface area contributed by atoms with Crippen LogP contribution in [-0.2, 0) is 0 Å². The van der Waals surface area contributed by atoms with Crippen LogP contribution >= 0.6 is 0 Å². The van der Waals surface area contributed by atoms with E-state index in [1.807, 2.05) is 12.4 Å². The second kappa shape index (κ2) is 8.61. The highest BCUT2D eigenvalue weighted by molar-refractivity contribution is 5.71. The monoisotopic (exact) mass is 438 g/mol. The first kappa shape index (κ1) is 20.4. The van der Waals surface area contributed by atoms with Gasteiger partial charge in [0.2, 0.25) is 0 Å². The number of rotatable bonds is 5. The number of aromatic nitrogens is 4. The third-order valence-electron chi connectivity index (χ3n) is 7.14. The third kappa shape index (κ3) is 4.01. The number of imidazole rings is 2. The van der Waals surface area contributed by atoms with Gasteiger partial charge in [0.1, 0.15) is 11.6 Å². The molecule has 33 heavy (non-hydrogen) atoms. The Morgan fingerprint density at radius 3 is 1.85 bits per heavy atom. The molecule has 168 valence electrons. The van der Waals surface area contributed by atoms with Gasteiger partial charge in [-0.05, 0) is 68.1 Å². The number of likely N-dealkylation sites (tertiary alicyclic amines) is 1. The van der Waals surface area contributed by atoms with Gasteiger partial charge in [0.25, 0.3) is 0 Å². The van der Waals surface area contributed by atoms with E-state index >= 15 is 0 Å². The summed E-state index contributed by atoms with van der Waals surface area (Å²) in [7, 11) is 2.18. The van der Waals surface area contributed by atoms with E-state index in [1.54, 1.807) is 0 Å². The van der Waals surface area contributed by atoms with E-state index in [9.17, 15) is 0 Å². The minimum Gasteiger partial charge on any atom is -0.341 e. The number of benzene rings is 2. The van der Waals surface area contributed by atoms with Crippen LogP contribution in [-0.4, -0.2) is 45.0 Å². The molecule has 2 aliphatic heterocycles. The number of nitrogens with one attached hydrogen (secondary N) is 3. The molecular weight excluding hydrogens is 408 g/mol. The molecule has 2 atom stereocenters. The van der Waals surface area contributed by atoms with Gasteiger partial charge < -0.3 is 15.3 Å². The summed E-state index contributed by atoms with van der Waals surface area (Å²) in [5.41, 5.74) is 6.90. The molecule has 2 fully saturated rings. The van der Waals surface area contributed by atoms with E-state index in [-0.39, 0.29) is 0 Å². The smallest absolute Gasteiger partial charge is 0.123 e. The second-order valence-electron chi connectivity index (χ2n) is 9.31. The number of nitrogens with zero attached hydrogens (tertiary/aromatic N) is 3. The number of hydrogen-bond acceptors (Lipinski definition) is 4. The Kier molecular flexibility index (Phi) is 5.32. The van der Waals surface area contributed by atoms with Crippen LogP contribution in [0, 0.1) is 0 Å². The predicted molar refractivity (Wildman–Crippen MR) is 132 cm³/mol. The summed E-state index contributed by atoms with van der Waals surface area (Å²) in [5.74, 6) is 2.12. The van der Waals surface area contributed by atoms with Crippen molar-refractivity contribution < 1.29 is 0 Å². The third-order valence-corrected chi connectivity index (χ3v) is 7.14. The van der Waals surface area contributed by atoms with Gasteiger partial charge in [0, 0.05) is 0 Å². The summed E-state index contributed by atoms with van der Waals surface area (Å²) in [4.78, 5) is 18.7. The lowest BCUT2D eigenvalue weighted by Gasteiger charge is -2.16. The van der Waals surface area contributed by atoms with E-state index in [2.05, 4.69) is 85.7 Å². The van der Waals surface area contributed by atoms with Crippen molar-refractivity contribution in [3.63, 3.8) is 0 Å². The van der Waals surface area contributed by atoms with Crippen molar-refractivity contribution in [1.29, 1.82) is 0 Å². The topological polar surface area (TPSA) is 72.6 Å². The molecular formula is C27H30N6. The van der Waals surface area contributed by atoms with Crippen molar-refractivity contribution in [2.24, 2.45) is 0 Å². The Labute approximate surface area is 194 Å². The second-order valence-corrected chi connectivity index (χ2v) is 9.31. The maximum atomic E-state index is 4.66. The molecule has 0 unspecified atom stereocenters. The maximum absolute atomic E-state index is 4.66. The van der Waals surface area contributed by atoms with Gasteiger partial charge in [-0.25, -0.2) is 9.97 Å². The van der Waals surface area contributed by atoms with E-state index < -0.39 is 0 Å². The van der Waals surface area contributed by atoms with Gasteiger partial charge in [-0.3, -0.25) is 4.90 Å². The van der Waals surface area contributed by atoms with Crippen LogP contribution in [0.4, 0.5) is 0 Å². The van der Waals surface area contributed by atoms with Crippen LogP contribution < -0.4 is 5.32 Å². The molecule has 6 rings (SSSR count). The van der Waals surface area contributed by atoms with Gasteiger partial charge in [-0.2, -0.15) is 0 Å². The largest absolute Gasteiger partial charge is 0.341 e. The van der Waals surface area contributed by atoms with Crippen molar-refractivity contribution in [1.82, 2.24) is 30.2 Å². The number of aromatic amines is 2. The van der Waals surface area contributed by atoms with Gasteiger partial charge in [0.15, 0.2) is 0 Å². The summed E-state index contributed by atoms with van der Waals surface area (Å²) in [6.07, 6.45) is 8.69. The first-order chi connectivity index (χ1) is 16.2. The maximum Gasteiger partial charge on any atom is 0.123 e. The molecule has 0 spiro atoms. The molecule has 6 nitrogen and oxygen atoms in total. The summed E-state index contributed by atoms with van der Waals surface area (Å²) >= 11 is 0. The Hall–Kier alpha value is -3.22. The fourth-order valence-corrected chi connectivity index (χ4v) is 5.17. The molecule has 2 aliphatic rings. The van der Waals surface area contributed by atoms with E-state index in [0.717, 1.165) is 48.1 Å².